The minimum Gasteiger partial charge on any atom is -0.477 e. The third kappa shape index (κ3) is 3.94. The lowest BCUT2D eigenvalue weighted by Gasteiger charge is -2.08. The first-order valence-corrected chi connectivity index (χ1v) is 9.34. The highest BCUT2D eigenvalue weighted by Gasteiger charge is 2.12. The SMILES string of the molecule is O=C(O)c1cc2c(Sc3ccc(Oc4ccccc4)cc3)cc(Cl)cc2[nH]1. The molecule has 0 saturated heterocycles. The average molecular weight is 396 g/mol. The highest BCUT2D eigenvalue weighted by atomic mass is 35.5. The summed E-state index contributed by atoms with van der Waals surface area (Å²) < 4.78 is 5.80. The van der Waals surface area contributed by atoms with E-state index in [0.29, 0.717) is 10.5 Å². The maximum Gasteiger partial charge on any atom is 0.352 e. The topological polar surface area (TPSA) is 62.3 Å². The number of ether oxygens (including phenoxy) is 1. The molecule has 3 aromatic carbocycles. The molecule has 0 amide bonds. The highest BCUT2D eigenvalue weighted by molar-refractivity contribution is 7.99. The molecule has 1 heterocycles. The molecular formula is C21H14ClNO3S. The van der Waals surface area contributed by atoms with Crippen LogP contribution in [0, 0.1) is 0 Å². The molecule has 0 fully saturated rings. The number of nitrogens with one attached hydrogen (secondary N) is 1. The van der Waals surface area contributed by atoms with Gasteiger partial charge in [-0.25, -0.2) is 4.79 Å². The third-order valence-electron chi connectivity index (χ3n) is 3.93. The van der Waals surface area contributed by atoms with Gasteiger partial charge in [-0.3, -0.25) is 0 Å². The number of hydrogen-bond acceptors (Lipinski definition) is 3. The molecular weight excluding hydrogens is 382 g/mol. The van der Waals surface area contributed by atoms with E-state index < -0.39 is 5.97 Å². The van der Waals surface area contributed by atoms with Gasteiger partial charge in [-0.1, -0.05) is 41.6 Å². The minimum atomic E-state index is -0.999. The number of rotatable bonds is 5. The molecule has 134 valence electrons. The first-order chi connectivity index (χ1) is 13.1. The molecule has 0 aliphatic carbocycles. The number of halogens is 1. The summed E-state index contributed by atoms with van der Waals surface area (Å²) in [4.78, 5) is 16.0. The van der Waals surface area contributed by atoms with Crippen LogP contribution in [0.3, 0.4) is 0 Å². The fourth-order valence-electron chi connectivity index (χ4n) is 2.70. The predicted octanol–water partition coefficient (Wildman–Crippen LogP) is 6.46. The largest absolute Gasteiger partial charge is 0.477 e. The molecule has 2 N–H and O–H groups in total. The van der Waals surface area contributed by atoms with Gasteiger partial charge < -0.3 is 14.8 Å². The Balaban J connectivity index is 1.59. The summed E-state index contributed by atoms with van der Waals surface area (Å²) in [5, 5.41) is 10.6. The maximum absolute atomic E-state index is 11.2. The summed E-state index contributed by atoms with van der Waals surface area (Å²) in [5.74, 6) is 0.528. The van der Waals surface area contributed by atoms with Gasteiger partial charge in [0.2, 0.25) is 0 Å². The number of aromatic nitrogens is 1. The number of H-pyrrole nitrogens is 1. The van der Waals surface area contributed by atoms with Crippen molar-refractivity contribution in [2.45, 2.75) is 9.79 Å². The van der Waals surface area contributed by atoms with Gasteiger partial charge in [0.15, 0.2) is 0 Å². The van der Waals surface area contributed by atoms with E-state index >= 15 is 0 Å². The molecule has 0 radical (unpaired) electrons. The number of carbonyl (C=O) groups is 1. The first kappa shape index (κ1) is 17.5. The van der Waals surface area contributed by atoms with Gasteiger partial charge in [-0.05, 0) is 54.6 Å². The van der Waals surface area contributed by atoms with E-state index in [4.69, 9.17) is 16.3 Å². The standard InChI is InChI=1S/C21H14ClNO3S/c22-13-10-18-17(12-19(23-18)21(24)25)20(11-13)27-16-8-6-15(7-9-16)26-14-4-2-1-3-5-14/h1-12,23H,(H,24,25). The van der Waals surface area contributed by atoms with Crippen molar-refractivity contribution in [3.05, 3.63) is 83.5 Å². The molecule has 0 atom stereocenters. The zero-order valence-corrected chi connectivity index (χ0v) is 15.6. The second-order valence-electron chi connectivity index (χ2n) is 5.84. The number of benzene rings is 3. The van der Waals surface area contributed by atoms with E-state index in [1.54, 1.807) is 12.1 Å². The summed E-state index contributed by atoms with van der Waals surface area (Å²) >= 11 is 7.71. The molecule has 0 aliphatic rings. The van der Waals surface area contributed by atoms with Gasteiger partial charge in [0, 0.05) is 25.7 Å². The molecule has 4 rings (SSSR count). The lowest BCUT2D eigenvalue weighted by molar-refractivity contribution is 0.0691. The summed E-state index contributed by atoms with van der Waals surface area (Å²) in [7, 11) is 0. The normalized spacial score (nSPS) is 10.9. The number of para-hydroxylation sites is 1. The molecule has 27 heavy (non-hydrogen) atoms. The average Bonchev–Trinajstić information content (AvgIpc) is 3.09. The van der Waals surface area contributed by atoms with Crippen molar-refractivity contribution in [1.29, 1.82) is 0 Å². The molecule has 1 aromatic heterocycles. The third-order valence-corrected chi connectivity index (χ3v) is 5.21. The molecule has 4 nitrogen and oxygen atoms in total. The number of fused-ring (bicyclic) bond motifs is 1. The molecule has 0 saturated carbocycles. The Hall–Kier alpha value is -2.89. The maximum atomic E-state index is 11.2. The van der Waals surface area contributed by atoms with Crippen LogP contribution in [-0.2, 0) is 0 Å². The van der Waals surface area contributed by atoms with Crippen LogP contribution >= 0.6 is 23.4 Å². The second-order valence-corrected chi connectivity index (χ2v) is 7.39. The summed E-state index contributed by atoms with van der Waals surface area (Å²) in [6.07, 6.45) is 0. The summed E-state index contributed by atoms with van der Waals surface area (Å²) in [6.45, 7) is 0. The molecule has 0 spiro atoms. The quantitative estimate of drug-likeness (QED) is 0.407. The van der Waals surface area contributed by atoms with Gasteiger partial charge in [0.05, 0.1) is 0 Å². The van der Waals surface area contributed by atoms with E-state index in [9.17, 15) is 9.90 Å². The summed E-state index contributed by atoms with van der Waals surface area (Å²) in [6, 6.07) is 22.5. The van der Waals surface area contributed by atoms with Crippen LogP contribution < -0.4 is 4.74 Å². The van der Waals surface area contributed by atoms with Crippen LogP contribution in [0.2, 0.25) is 5.02 Å². The monoisotopic (exact) mass is 395 g/mol. The molecule has 0 unspecified atom stereocenters. The molecule has 6 heteroatoms. The van der Waals surface area contributed by atoms with Crippen molar-refractivity contribution in [1.82, 2.24) is 4.98 Å². The Bertz CT molecular complexity index is 1110. The number of aromatic carboxylic acids is 1. The zero-order chi connectivity index (χ0) is 18.8. The zero-order valence-electron chi connectivity index (χ0n) is 14.0. The van der Waals surface area contributed by atoms with E-state index in [0.717, 1.165) is 26.7 Å². The van der Waals surface area contributed by atoms with E-state index in [1.807, 2.05) is 60.7 Å². The van der Waals surface area contributed by atoms with E-state index in [1.165, 1.54) is 11.8 Å². The van der Waals surface area contributed by atoms with Gasteiger partial charge in [-0.15, -0.1) is 0 Å². The number of carboxylic acid groups (broad SMARTS) is 1. The first-order valence-electron chi connectivity index (χ1n) is 8.15. The van der Waals surface area contributed by atoms with Crippen LogP contribution in [0.4, 0.5) is 0 Å². The van der Waals surface area contributed by atoms with Gasteiger partial charge >= 0.3 is 5.97 Å². The van der Waals surface area contributed by atoms with Gasteiger partial charge in [0.1, 0.15) is 17.2 Å². The minimum absolute atomic E-state index is 0.140. The highest BCUT2D eigenvalue weighted by Crippen LogP contribution is 2.37. The lowest BCUT2D eigenvalue weighted by Crippen LogP contribution is -1.94. The Morgan fingerprint density at radius 3 is 2.37 bits per heavy atom. The van der Waals surface area contributed by atoms with Crippen molar-refractivity contribution >= 4 is 40.2 Å². The van der Waals surface area contributed by atoms with Gasteiger partial charge in [0.25, 0.3) is 0 Å². The lowest BCUT2D eigenvalue weighted by atomic mass is 10.2. The fraction of sp³-hybridized carbons (Fsp3) is 0. The van der Waals surface area contributed by atoms with Crippen molar-refractivity contribution in [3.8, 4) is 11.5 Å². The van der Waals surface area contributed by atoms with Crippen LogP contribution in [0.25, 0.3) is 10.9 Å². The number of hydrogen-bond donors (Lipinski definition) is 2. The van der Waals surface area contributed by atoms with Crippen molar-refractivity contribution in [2.24, 2.45) is 0 Å². The Kier molecular flexibility index (Phi) is 4.79. The second kappa shape index (κ2) is 7.39. The van der Waals surface area contributed by atoms with E-state index in [-0.39, 0.29) is 5.69 Å². The fourth-order valence-corrected chi connectivity index (χ4v) is 3.97. The molecule has 4 aromatic rings. The number of carboxylic acids is 1. The van der Waals surface area contributed by atoms with Crippen LogP contribution in [-0.4, -0.2) is 16.1 Å². The van der Waals surface area contributed by atoms with E-state index in [2.05, 4.69) is 4.98 Å². The summed E-state index contributed by atoms with van der Waals surface area (Å²) in [5.41, 5.74) is 0.840. The predicted molar refractivity (Wildman–Crippen MR) is 107 cm³/mol. The Morgan fingerprint density at radius 2 is 1.67 bits per heavy atom. The van der Waals surface area contributed by atoms with Crippen LogP contribution in [0.15, 0.2) is 82.6 Å². The van der Waals surface area contributed by atoms with Gasteiger partial charge in [-0.2, -0.15) is 0 Å². The Labute approximate surface area is 164 Å². The number of aromatic amines is 1. The van der Waals surface area contributed by atoms with Crippen molar-refractivity contribution < 1.29 is 14.6 Å². The Morgan fingerprint density at radius 1 is 0.963 bits per heavy atom. The van der Waals surface area contributed by atoms with Crippen molar-refractivity contribution in [3.63, 3.8) is 0 Å². The van der Waals surface area contributed by atoms with Crippen LogP contribution in [0.1, 0.15) is 10.5 Å². The van der Waals surface area contributed by atoms with Crippen molar-refractivity contribution in [2.75, 3.05) is 0 Å². The smallest absolute Gasteiger partial charge is 0.352 e. The molecule has 0 aliphatic heterocycles. The molecule has 0 bridgehead atoms. The van der Waals surface area contributed by atoms with Crippen LogP contribution in [0.5, 0.6) is 11.5 Å².